The Hall–Kier alpha value is -2.00. The number of carbonyl (C=O) groups is 1. The lowest BCUT2D eigenvalue weighted by Crippen LogP contribution is -2.38. The van der Waals surface area contributed by atoms with Crippen LogP contribution in [-0.4, -0.2) is 29.0 Å². The predicted octanol–water partition coefficient (Wildman–Crippen LogP) is 4.14. The number of rotatable bonds is 3. The summed E-state index contributed by atoms with van der Waals surface area (Å²) in [5, 5.41) is 9.67. The number of piperidine rings is 1. The second kappa shape index (κ2) is 7.05. The number of halogens is 1. The molecule has 0 aromatic heterocycles. The number of aromatic hydroxyl groups is 1. The Balaban J connectivity index is 1.58. The highest BCUT2D eigenvalue weighted by Crippen LogP contribution is 2.26. The summed E-state index contributed by atoms with van der Waals surface area (Å²) < 4.78 is 0. The van der Waals surface area contributed by atoms with Crippen LogP contribution in [-0.2, 0) is 6.42 Å². The molecule has 1 aliphatic heterocycles. The van der Waals surface area contributed by atoms with Gasteiger partial charge >= 0.3 is 0 Å². The van der Waals surface area contributed by atoms with Gasteiger partial charge in [0.15, 0.2) is 0 Å². The molecule has 0 spiro atoms. The van der Waals surface area contributed by atoms with Crippen molar-refractivity contribution in [1.82, 2.24) is 4.90 Å². The van der Waals surface area contributed by atoms with E-state index in [1.54, 1.807) is 6.07 Å². The Labute approximate surface area is 141 Å². The van der Waals surface area contributed by atoms with Crippen LogP contribution in [0.25, 0.3) is 0 Å². The monoisotopic (exact) mass is 329 g/mol. The summed E-state index contributed by atoms with van der Waals surface area (Å²) >= 11 is 5.89. The van der Waals surface area contributed by atoms with E-state index < -0.39 is 0 Å². The van der Waals surface area contributed by atoms with Gasteiger partial charge in [-0.2, -0.15) is 0 Å². The van der Waals surface area contributed by atoms with Crippen molar-refractivity contribution in [3.05, 3.63) is 64.7 Å². The molecule has 0 aliphatic carbocycles. The number of likely N-dealkylation sites (tertiary alicyclic amines) is 1. The molecule has 0 radical (unpaired) electrons. The van der Waals surface area contributed by atoms with Gasteiger partial charge in [-0.25, -0.2) is 0 Å². The highest BCUT2D eigenvalue weighted by Gasteiger charge is 2.24. The van der Waals surface area contributed by atoms with E-state index in [0.29, 0.717) is 11.5 Å². The lowest BCUT2D eigenvalue weighted by atomic mass is 9.90. The highest BCUT2D eigenvalue weighted by molar-refractivity contribution is 6.32. The molecule has 0 unspecified atom stereocenters. The number of hydrogen-bond acceptors (Lipinski definition) is 2. The first-order valence-corrected chi connectivity index (χ1v) is 8.33. The Morgan fingerprint density at radius 1 is 1.13 bits per heavy atom. The molecule has 1 aliphatic rings. The molecule has 1 fully saturated rings. The molecule has 3 rings (SSSR count). The second-order valence-corrected chi connectivity index (χ2v) is 6.50. The van der Waals surface area contributed by atoms with Gasteiger partial charge in [-0.15, -0.1) is 0 Å². The number of hydrogen-bond donors (Lipinski definition) is 1. The molecule has 120 valence electrons. The van der Waals surface area contributed by atoms with E-state index in [1.165, 1.54) is 17.7 Å². The molecule has 2 aromatic rings. The van der Waals surface area contributed by atoms with Crippen LogP contribution in [0, 0.1) is 5.92 Å². The van der Waals surface area contributed by atoms with E-state index >= 15 is 0 Å². The molecule has 0 bridgehead atoms. The van der Waals surface area contributed by atoms with Gasteiger partial charge in [0, 0.05) is 18.7 Å². The lowest BCUT2D eigenvalue weighted by Gasteiger charge is -2.32. The smallest absolute Gasteiger partial charge is 0.253 e. The summed E-state index contributed by atoms with van der Waals surface area (Å²) in [6.45, 7) is 1.55. The molecule has 0 saturated carbocycles. The molecule has 4 heteroatoms. The van der Waals surface area contributed by atoms with E-state index in [0.717, 1.165) is 32.4 Å². The first-order valence-electron chi connectivity index (χ1n) is 7.95. The summed E-state index contributed by atoms with van der Waals surface area (Å²) in [5.74, 6) is 0.625. The first-order chi connectivity index (χ1) is 11.1. The lowest BCUT2D eigenvalue weighted by molar-refractivity contribution is 0.0690. The molecule has 1 saturated heterocycles. The van der Waals surface area contributed by atoms with Crippen LogP contribution in [0.2, 0.25) is 5.02 Å². The van der Waals surface area contributed by atoms with Crippen molar-refractivity contribution in [2.24, 2.45) is 5.92 Å². The van der Waals surface area contributed by atoms with E-state index in [1.807, 2.05) is 11.0 Å². The molecular formula is C19H20ClNO2. The van der Waals surface area contributed by atoms with Crippen molar-refractivity contribution < 1.29 is 9.90 Å². The average Bonchev–Trinajstić information content (AvgIpc) is 2.58. The summed E-state index contributed by atoms with van der Waals surface area (Å²) in [6.07, 6.45) is 3.12. The van der Waals surface area contributed by atoms with Gasteiger partial charge in [-0.05, 0) is 48.9 Å². The summed E-state index contributed by atoms with van der Waals surface area (Å²) in [4.78, 5) is 14.4. The molecule has 0 atom stereocenters. The minimum atomic E-state index is -0.00920. The maximum atomic E-state index is 12.5. The SMILES string of the molecule is O=C(c1ccc(O)c(Cl)c1)N1CCC(Cc2ccccc2)CC1. The van der Waals surface area contributed by atoms with Crippen LogP contribution in [0.4, 0.5) is 0 Å². The fourth-order valence-electron chi connectivity index (χ4n) is 3.11. The van der Waals surface area contributed by atoms with Gasteiger partial charge in [0.1, 0.15) is 5.75 Å². The Morgan fingerprint density at radius 2 is 1.83 bits per heavy atom. The molecule has 1 N–H and O–H groups in total. The van der Waals surface area contributed by atoms with Crippen LogP contribution >= 0.6 is 11.6 Å². The van der Waals surface area contributed by atoms with Gasteiger partial charge in [-0.1, -0.05) is 41.9 Å². The molecule has 1 heterocycles. The minimum Gasteiger partial charge on any atom is -0.506 e. The zero-order valence-corrected chi connectivity index (χ0v) is 13.7. The number of carbonyl (C=O) groups excluding carboxylic acids is 1. The van der Waals surface area contributed by atoms with Crippen LogP contribution in [0.15, 0.2) is 48.5 Å². The standard InChI is InChI=1S/C19H20ClNO2/c20-17-13-16(6-7-18(17)22)19(23)21-10-8-15(9-11-21)12-14-4-2-1-3-5-14/h1-7,13,15,22H,8-12H2. The maximum Gasteiger partial charge on any atom is 0.253 e. The first kappa shape index (κ1) is 15.9. The minimum absolute atomic E-state index is 0.00443. The number of phenolic OH excluding ortho intramolecular Hbond substituents is 1. The zero-order valence-electron chi connectivity index (χ0n) is 12.9. The van der Waals surface area contributed by atoms with Crippen molar-refractivity contribution in [3.63, 3.8) is 0 Å². The summed E-state index contributed by atoms with van der Waals surface area (Å²) in [5.41, 5.74) is 1.90. The van der Waals surface area contributed by atoms with Gasteiger partial charge in [0.25, 0.3) is 5.91 Å². The van der Waals surface area contributed by atoms with Crippen molar-refractivity contribution >= 4 is 17.5 Å². The Morgan fingerprint density at radius 3 is 2.48 bits per heavy atom. The van der Waals surface area contributed by atoms with Crippen molar-refractivity contribution in [3.8, 4) is 5.75 Å². The molecule has 2 aromatic carbocycles. The van der Waals surface area contributed by atoms with Crippen LogP contribution in [0.5, 0.6) is 5.75 Å². The fourth-order valence-corrected chi connectivity index (χ4v) is 3.29. The van der Waals surface area contributed by atoms with E-state index in [2.05, 4.69) is 24.3 Å². The van der Waals surface area contributed by atoms with Crippen LogP contribution < -0.4 is 0 Å². The topological polar surface area (TPSA) is 40.5 Å². The number of amides is 1. The molecule has 1 amide bonds. The largest absolute Gasteiger partial charge is 0.506 e. The van der Waals surface area contributed by atoms with Crippen LogP contribution in [0.1, 0.15) is 28.8 Å². The number of nitrogens with zero attached hydrogens (tertiary/aromatic N) is 1. The predicted molar refractivity (Wildman–Crippen MR) is 91.9 cm³/mol. The highest BCUT2D eigenvalue weighted by atomic mass is 35.5. The summed E-state index contributed by atoms with van der Waals surface area (Å²) in [6, 6.07) is 15.1. The molecule has 23 heavy (non-hydrogen) atoms. The third-order valence-corrected chi connectivity index (χ3v) is 4.77. The van der Waals surface area contributed by atoms with Gasteiger partial charge in [0.05, 0.1) is 5.02 Å². The Bertz CT molecular complexity index is 679. The van der Waals surface area contributed by atoms with E-state index in [-0.39, 0.29) is 16.7 Å². The number of benzene rings is 2. The average molecular weight is 330 g/mol. The third kappa shape index (κ3) is 3.85. The Kier molecular flexibility index (Phi) is 4.87. The molecule has 3 nitrogen and oxygen atoms in total. The van der Waals surface area contributed by atoms with Gasteiger partial charge in [0.2, 0.25) is 0 Å². The van der Waals surface area contributed by atoms with Gasteiger partial charge < -0.3 is 10.0 Å². The summed E-state index contributed by atoms with van der Waals surface area (Å²) in [7, 11) is 0. The quantitative estimate of drug-likeness (QED) is 0.919. The number of phenols is 1. The normalized spacial score (nSPS) is 15.6. The van der Waals surface area contributed by atoms with E-state index in [4.69, 9.17) is 11.6 Å². The zero-order chi connectivity index (χ0) is 16.2. The van der Waals surface area contributed by atoms with Crippen molar-refractivity contribution in [1.29, 1.82) is 0 Å². The van der Waals surface area contributed by atoms with Crippen LogP contribution in [0.3, 0.4) is 0 Å². The van der Waals surface area contributed by atoms with Crippen molar-refractivity contribution in [2.75, 3.05) is 13.1 Å². The van der Waals surface area contributed by atoms with Gasteiger partial charge in [-0.3, -0.25) is 4.79 Å². The maximum absolute atomic E-state index is 12.5. The van der Waals surface area contributed by atoms with E-state index in [9.17, 15) is 9.90 Å². The second-order valence-electron chi connectivity index (χ2n) is 6.09. The third-order valence-electron chi connectivity index (χ3n) is 4.46. The van der Waals surface area contributed by atoms with Crippen molar-refractivity contribution in [2.45, 2.75) is 19.3 Å². The molecular weight excluding hydrogens is 310 g/mol. The fraction of sp³-hybridized carbons (Fsp3) is 0.316.